The van der Waals surface area contributed by atoms with Crippen LogP contribution in [-0.2, 0) is 4.79 Å². The van der Waals surface area contributed by atoms with E-state index in [0.717, 1.165) is 11.1 Å². The molecule has 0 saturated heterocycles. The molecule has 1 aromatic carbocycles. The molecule has 0 aliphatic heterocycles. The van der Waals surface area contributed by atoms with Gasteiger partial charge in [-0.1, -0.05) is 18.2 Å². The van der Waals surface area contributed by atoms with E-state index in [4.69, 9.17) is 4.74 Å². The SMILES string of the molecule is CC(=O)N[C@@H]1C=Cc2ccc(OC(=O)N(C)C)cc21. The summed E-state index contributed by atoms with van der Waals surface area (Å²) in [4.78, 5) is 24.0. The van der Waals surface area contributed by atoms with E-state index < -0.39 is 6.09 Å². The second-order valence-electron chi connectivity index (χ2n) is 4.59. The number of amides is 2. The van der Waals surface area contributed by atoms with Gasteiger partial charge in [-0.15, -0.1) is 0 Å². The van der Waals surface area contributed by atoms with E-state index in [1.54, 1.807) is 26.2 Å². The number of benzene rings is 1. The van der Waals surface area contributed by atoms with Crippen molar-refractivity contribution in [1.82, 2.24) is 10.2 Å². The Hall–Kier alpha value is -2.30. The van der Waals surface area contributed by atoms with Crippen molar-refractivity contribution >= 4 is 18.1 Å². The first-order valence-corrected chi connectivity index (χ1v) is 5.96. The van der Waals surface area contributed by atoms with Crippen LogP contribution in [0.5, 0.6) is 5.75 Å². The first-order valence-electron chi connectivity index (χ1n) is 5.96. The Morgan fingerprint density at radius 2 is 2.05 bits per heavy atom. The zero-order valence-corrected chi connectivity index (χ0v) is 11.1. The Kier molecular flexibility index (Phi) is 3.55. The Balaban J connectivity index is 2.19. The first-order chi connectivity index (χ1) is 8.97. The summed E-state index contributed by atoms with van der Waals surface area (Å²) in [6, 6.07) is 5.22. The van der Waals surface area contributed by atoms with Gasteiger partial charge >= 0.3 is 6.09 Å². The number of hydrogen-bond donors (Lipinski definition) is 1. The zero-order valence-electron chi connectivity index (χ0n) is 11.1. The Morgan fingerprint density at radius 1 is 1.32 bits per heavy atom. The highest BCUT2D eigenvalue weighted by molar-refractivity contribution is 5.76. The van der Waals surface area contributed by atoms with Gasteiger partial charge in [0.25, 0.3) is 0 Å². The van der Waals surface area contributed by atoms with Crippen LogP contribution in [0.3, 0.4) is 0 Å². The highest BCUT2D eigenvalue weighted by atomic mass is 16.6. The van der Waals surface area contributed by atoms with E-state index in [1.807, 2.05) is 18.2 Å². The van der Waals surface area contributed by atoms with Gasteiger partial charge in [0.1, 0.15) is 5.75 Å². The van der Waals surface area contributed by atoms with E-state index in [0.29, 0.717) is 5.75 Å². The van der Waals surface area contributed by atoms with E-state index in [2.05, 4.69) is 5.32 Å². The van der Waals surface area contributed by atoms with Crippen LogP contribution < -0.4 is 10.1 Å². The Labute approximate surface area is 111 Å². The molecule has 5 heteroatoms. The third-order valence-corrected chi connectivity index (χ3v) is 2.79. The van der Waals surface area contributed by atoms with Crippen LogP contribution in [0.1, 0.15) is 24.1 Å². The van der Waals surface area contributed by atoms with Gasteiger partial charge in [-0.3, -0.25) is 4.79 Å². The van der Waals surface area contributed by atoms with Crippen molar-refractivity contribution in [2.24, 2.45) is 0 Å². The van der Waals surface area contributed by atoms with Crippen LogP contribution in [0.4, 0.5) is 4.79 Å². The quantitative estimate of drug-likeness (QED) is 0.884. The minimum atomic E-state index is -0.429. The van der Waals surface area contributed by atoms with Crippen LogP contribution in [0.15, 0.2) is 24.3 Å². The fourth-order valence-corrected chi connectivity index (χ4v) is 1.88. The molecule has 1 aliphatic rings. The minimum Gasteiger partial charge on any atom is -0.410 e. The van der Waals surface area contributed by atoms with E-state index in [-0.39, 0.29) is 11.9 Å². The molecule has 100 valence electrons. The monoisotopic (exact) mass is 260 g/mol. The molecule has 0 fully saturated rings. The third kappa shape index (κ3) is 2.93. The number of fused-ring (bicyclic) bond motifs is 1. The molecule has 0 radical (unpaired) electrons. The largest absolute Gasteiger partial charge is 0.414 e. The Bertz CT molecular complexity index is 550. The molecule has 0 saturated carbocycles. The van der Waals surface area contributed by atoms with Crippen molar-refractivity contribution in [3.63, 3.8) is 0 Å². The first kappa shape index (κ1) is 13.1. The van der Waals surface area contributed by atoms with Gasteiger partial charge in [-0.05, 0) is 23.3 Å². The van der Waals surface area contributed by atoms with Gasteiger partial charge in [-0.2, -0.15) is 0 Å². The predicted octanol–water partition coefficient (Wildman–Crippen LogP) is 1.95. The molecule has 19 heavy (non-hydrogen) atoms. The fourth-order valence-electron chi connectivity index (χ4n) is 1.88. The lowest BCUT2D eigenvalue weighted by Crippen LogP contribution is -2.26. The molecule has 1 atom stereocenters. The van der Waals surface area contributed by atoms with Crippen LogP contribution in [0.2, 0.25) is 0 Å². The van der Waals surface area contributed by atoms with Crippen LogP contribution in [0.25, 0.3) is 6.08 Å². The molecule has 0 spiro atoms. The van der Waals surface area contributed by atoms with Gasteiger partial charge in [0, 0.05) is 21.0 Å². The van der Waals surface area contributed by atoms with Gasteiger partial charge in [0.2, 0.25) is 5.91 Å². The lowest BCUT2D eigenvalue weighted by Gasteiger charge is -2.14. The summed E-state index contributed by atoms with van der Waals surface area (Å²) in [6.45, 7) is 1.47. The molecule has 1 N–H and O–H groups in total. The average Bonchev–Trinajstić information content (AvgIpc) is 2.71. The van der Waals surface area contributed by atoms with Crippen molar-refractivity contribution in [1.29, 1.82) is 0 Å². The summed E-state index contributed by atoms with van der Waals surface area (Å²) in [5.41, 5.74) is 1.95. The number of carbonyl (C=O) groups excluding carboxylic acids is 2. The second-order valence-corrected chi connectivity index (χ2v) is 4.59. The predicted molar refractivity (Wildman–Crippen MR) is 71.7 cm³/mol. The van der Waals surface area contributed by atoms with Crippen LogP contribution in [0, 0.1) is 0 Å². The number of nitrogens with one attached hydrogen (secondary N) is 1. The number of carbonyl (C=O) groups is 2. The number of hydrogen-bond acceptors (Lipinski definition) is 3. The van der Waals surface area contributed by atoms with Crippen LogP contribution >= 0.6 is 0 Å². The highest BCUT2D eigenvalue weighted by Crippen LogP contribution is 2.31. The van der Waals surface area contributed by atoms with Crippen molar-refractivity contribution in [3.8, 4) is 5.75 Å². The molecular formula is C14H16N2O3. The molecule has 0 aromatic heterocycles. The third-order valence-electron chi connectivity index (χ3n) is 2.79. The van der Waals surface area contributed by atoms with Gasteiger partial charge in [0.05, 0.1) is 6.04 Å². The maximum absolute atomic E-state index is 11.5. The summed E-state index contributed by atoms with van der Waals surface area (Å²) in [7, 11) is 3.24. The summed E-state index contributed by atoms with van der Waals surface area (Å²) >= 11 is 0. The van der Waals surface area contributed by atoms with Crippen molar-refractivity contribution in [2.75, 3.05) is 14.1 Å². The number of ether oxygens (including phenoxy) is 1. The van der Waals surface area contributed by atoms with E-state index in [1.165, 1.54) is 11.8 Å². The summed E-state index contributed by atoms with van der Waals surface area (Å²) in [5, 5.41) is 2.82. The topological polar surface area (TPSA) is 58.6 Å². The summed E-state index contributed by atoms with van der Waals surface area (Å²) in [5.74, 6) is 0.370. The summed E-state index contributed by atoms with van der Waals surface area (Å²) in [6.07, 6.45) is 3.42. The standard InChI is InChI=1S/C14H16N2O3/c1-9(17)15-13-7-5-10-4-6-11(8-12(10)13)19-14(18)16(2)3/h4-8,13H,1-3H3,(H,15,17)/t13-/m1/s1. The molecule has 5 nitrogen and oxygen atoms in total. The van der Waals surface area contributed by atoms with Crippen molar-refractivity contribution in [3.05, 3.63) is 35.4 Å². The zero-order chi connectivity index (χ0) is 14.0. The Morgan fingerprint density at radius 3 is 2.68 bits per heavy atom. The summed E-state index contributed by atoms with van der Waals surface area (Å²) < 4.78 is 5.20. The van der Waals surface area contributed by atoms with Gasteiger partial charge < -0.3 is 15.0 Å². The minimum absolute atomic E-state index is 0.0989. The molecule has 2 amide bonds. The van der Waals surface area contributed by atoms with Crippen LogP contribution in [-0.4, -0.2) is 31.0 Å². The molecular weight excluding hydrogens is 244 g/mol. The molecule has 0 unspecified atom stereocenters. The molecule has 0 bridgehead atoms. The molecule has 2 rings (SSSR count). The smallest absolute Gasteiger partial charge is 0.410 e. The van der Waals surface area contributed by atoms with Gasteiger partial charge in [0.15, 0.2) is 0 Å². The lowest BCUT2D eigenvalue weighted by atomic mass is 10.1. The fraction of sp³-hybridized carbons (Fsp3) is 0.286. The maximum atomic E-state index is 11.5. The highest BCUT2D eigenvalue weighted by Gasteiger charge is 2.19. The number of rotatable bonds is 2. The second kappa shape index (κ2) is 5.14. The van der Waals surface area contributed by atoms with Gasteiger partial charge in [-0.25, -0.2) is 4.79 Å². The molecule has 0 heterocycles. The maximum Gasteiger partial charge on any atom is 0.414 e. The average molecular weight is 260 g/mol. The van der Waals surface area contributed by atoms with Crippen molar-refractivity contribution < 1.29 is 14.3 Å². The normalized spacial score (nSPS) is 15.8. The number of nitrogens with zero attached hydrogens (tertiary/aromatic N) is 1. The van der Waals surface area contributed by atoms with E-state index >= 15 is 0 Å². The molecule has 1 aromatic rings. The molecule has 1 aliphatic carbocycles. The van der Waals surface area contributed by atoms with E-state index in [9.17, 15) is 9.59 Å². The lowest BCUT2D eigenvalue weighted by molar-refractivity contribution is -0.119. The van der Waals surface area contributed by atoms with Crippen molar-refractivity contribution in [2.45, 2.75) is 13.0 Å².